The van der Waals surface area contributed by atoms with Crippen molar-refractivity contribution in [2.24, 2.45) is 5.41 Å². The Hall–Kier alpha value is 0.0500. The van der Waals surface area contributed by atoms with E-state index in [1.54, 1.807) is 0 Å². The van der Waals surface area contributed by atoms with E-state index >= 15 is 0 Å². The van der Waals surface area contributed by atoms with Crippen LogP contribution in [0.4, 0.5) is 0 Å². The first-order chi connectivity index (χ1) is 5.33. The molecule has 1 saturated carbocycles. The van der Waals surface area contributed by atoms with Crippen molar-refractivity contribution in [2.45, 2.75) is 19.8 Å². The van der Waals surface area contributed by atoms with E-state index in [1.807, 2.05) is 19.1 Å². The number of allylic oxidation sites excluding steroid dienone is 1. The maximum Gasteiger partial charge on any atom is 0.0647 e. The predicted octanol–water partition coefficient (Wildman–Crippen LogP) is 2.29. The maximum atomic E-state index is 5.46. The van der Waals surface area contributed by atoms with E-state index in [9.17, 15) is 0 Å². The second-order valence-corrected chi connectivity index (χ2v) is 3.56. The molecule has 1 fully saturated rings. The standard InChI is InChI=1S/C9H16OS/c1-2-3-6-10-7-9(8-11)4-5-9/h2-3,11H,4-8H2,1H3. The molecule has 1 nitrogen and oxygen atoms in total. The molecule has 0 aliphatic heterocycles. The second kappa shape index (κ2) is 4.17. The van der Waals surface area contributed by atoms with Gasteiger partial charge in [-0.1, -0.05) is 12.2 Å². The van der Waals surface area contributed by atoms with Crippen molar-refractivity contribution in [3.05, 3.63) is 12.2 Å². The summed E-state index contributed by atoms with van der Waals surface area (Å²) in [5.41, 5.74) is 0.449. The molecular weight excluding hydrogens is 156 g/mol. The first-order valence-electron chi connectivity index (χ1n) is 4.13. The molecule has 0 aromatic carbocycles. The zero-order valence-electron chi connectivity index (χ0n) is 7.05. The highest BCUT2D eigenvalue weighted by molar-refractivity contribution is 7.80. The van der Waals surface area contributed by atoms with Gasteiger partial charge in [-0.2, -0.15) is 12.6 Å². The largest absolute Gasteiger partial charge is 0.377 e. The summed E-state index contributed by atoms with van der Waals surface area (Å²) >= 11 is 4.29. The molecule has 0 aromatic rings. The molecule has 0 heterocycles. The van der Waals surface area contributed by atoms with Gasteiger partial charge in [-0.3, -0.25) is 0 Å². The highest BCUT2D eigenvalue weighted by Crippen LogP contribution is 2.46. The minimum absolute atomic E-state index is 0.449. The second-order valence-electron chi connectivity index (χ2n) is 3.24. The van der Waals surface area contributed by atoms with Gasteiger partial charge in [-0.25, -0.2) is 0 Å². The zero-order valence-corrected chi connectivity index (χ0v) is 7.94. The van der Waals surface area contributed by atoms with Gasteiger partial charge >= 0.3 is 0 Å². The SMILES string of the molecule is CC=CCOCC1(CS)CC1. The molecule has 0 spiro atoms. The van der Waals surface area contributed by atoms with Gasteiger partial charge in [0.1, 0.15) is 0 Å². The molecule has 1 rings (SSSR count). The van der Waals surface area contributed by atoms with E-state index < -0.39 is 0 Å². The number of rotatable bonds is 5. The molecule has 0 bridgehead atoms. The average Bonchev–Trinajstić information content (AvgIpc) is 2.80. The van der Waals surface area contributed by atoms with Crippen molar-refractivity contribution in [1.82, 2.24) is 0 Å². The van der Waals surface area contributed by atoms with E-state index in [0.717, 1.165) is 19.0 Å². The van der Waals surface area contributed by atoms with Crippen molar-refractivity contribution < 1.29 is 4.74 Å². The van der Waals surface area contributed by atoms with Crippen molar-refractivity contribution in [3.63, 3.8) is 0 Å². The van der Waals surface area contributed by atoms with E-state index in [1.165, 1.54) is 12.8 Å². The van der Waals surface area contributed by atoms with Crippen molar-refractivity contribution >= 4 is 12.6 Å². The number of thiol groups is 1. The normalized spacial score (nSPS) is 20.9. The fourth-order valence-corrected chi connectivity index (χ4v) is 1.37. The van der Waals surface area contributed by atoms with Crippen LogP contribution >= 0.6 is 12.6 Å². The van der Waals surface area contributed by atoms with Crippen molar-refractivity contribution in [2.75, 3.05) is 19.0 Å². The Morgan fingerprint density at radius 2 is 2.27 bits per heavy atom. The summed E-state index contributed by atoms with van der Waals surface area (Å²) in [7, 11) is 0. The Morgan fingerprint density at radius 1 is 1.55 bits per heavy atom. The summed E-state index contributed by atoms with van der Waals surface area (Å²) in [6, 6.07) is 0. The van der Waals surface area contributed by atoms with E-state index in [-0.39, 0.29) is 0 Å². The van der Waals surface area contributed by atoms with Gasteiger partial charge in [0.25, 0.3) is 0 Å². The smallest absolute Gasteiger partial charge is 0.0647 e. The Morgan fingerprint density at radius 3 is 2.73 bits per heavy atom. The van der Waals surface area contributed by atoms with Crippen LogP contribution in [0.25, 0.3) is 0 Å². The molecule has 1 aliphatic carbocycles. The molecule has 0 saturated heterocycles. The molecule has 1 aliphatic rings. The van der Waals surface area contributed by atoms with Crippen molar-refractivity contribution in [3.8, 4) is 0 Å². The minimum atomic E-state index is 0.449. The Balaban J connectivity index is 2.03. The third kappa shape index (κ3) is 2.88. The Kier molecular flexibility index (Phi) is 3.46. The van der Waals surface area contributed by atoms with Gasteiger partial charge in [-0.15, -0.1) is 0 Å². The lowest BCUT2D eigenvalue weighted by molar-refractivity contribution is 0.122. The van der Waals surface area contributed by atoms with Crippen LogP contribution < -0.4 is 0 Å². The van der Waals surface area contributed by atoms with E-state index in [2.05, 4.69) is 12.6 Å². The summed E-state index contributed by atoms with van der Waals surface area (Å²) in [6.07, 6.45) is 6.65. The highest BCUT2D eigenvalue weighted by atomic mass is 32.1. The lowest BCUT2D eigenvalue weighted by atomic mass is 10.2. The maximum absolute atomic E-state index is 5.46. The van der Waals surface area contributed by atoms with Crippen LogP contribution in [0.1, 0.15) is 19.8 Å². The summed E-state index contributed by atoms with van der Waals surface area (Å²) in [5.74, 6) is 0.975. The van der Waals surface area contributed by atoms with Crippen LogP contribution in [0.3, 0.4) is 0 Å². The molecule has 2 heteroatoms. The van der Waals surface area contributed by atoms with Crippen LogP contribution in [-0.2, 0) is 4.74 Å². The lowest BCUT2D eigenvalue weighted by Gasteiger charge is -2.10. The molecule has 0 N–H and O–H groups in total. The highest BCUT2D eigenvalue weighted by Gasteiger charge is 2.41. The summed E-state index contributed by atoms with van der Waals surface area (Å²) in [4.78, 5) is 0. The van der Waals surface area contributed by atoms with Gasteiger partial charge in [0, 0.05) is 5.41 Å². The van der Waals surface area contributed by atoms with Gasteiger partial charge < -0.3 is 4.74 Å². The topological polar surface area (TPSA) is 9.23 Å². The van der Waals surface area contributed by atoms with Crippen LogP contribution in [0.5, 0.6) is 0 Å². The van der Waals surface area contributed by atoms with Crippen LogP contribution in [0.2, 0.25) is 0 Å². The monoisotopic (exact) mass is 172 g/mol. The first kappa shape index (κ1) is 9.14. The number of ether oxygens (including phenoxy) is 1. The van der Waals surface area contributed by atoms with Crippen molar-refractivity contribution in [1.29, 1.82) is 0 Å². The zero-order chi connectivity index (χ0) is 8.16. The van der Waals surface area contributed by atoms with E-state index in [4.69, 9.17) is 4.74 Å². The molecule has 64 valence electrons. The third-order valence-corrected chi connectivity index (χ3v) is 2.82. The van der Waals surface area contributed by atoms with Gasteiger partial charge in [0.15, 0.2) is 0 Å². The minimum Gasteiger partial charge on any atom is -0.377 e. The molecule has 0 radical (unpaired) electrons. The summed E-state index contributed by atoms with van der Waals surface area (Å²) in [5, 5.41) is 0. The Labute approximate surface area is 74.2 Å². The first-order valence-corrected chi connectivity index (χ1v) is 4.76. The molecule has 0 aromatic heterocycles. The lowest BCUT2D eigenvalue weighted by Crippen LogP contribution is -2.11. The van der Waals surface area contributed by atoms with Crippen LogP contribution in [0, 0.1) is 5.41 Å². The van der Waals surface area contributed by atoms with Crippen LogP contribution in [-0.4, -0.2) is 19.0 Å². The number of hydrogen-bond donors (Lipinski definition) is 1. The fourth-order valence-electron chi connectivity index (χ4n) is 0.965. The Bertz CT molecular complexity index is 138. The quantitative estimate of drug-likeness (QED) is 0.380. The van der Waals surface area contributed by atoms with Gasteiger partial charge in [0.2, 0.25) is 0 Å². The van der Waals surface area contributed by atoms with Gasteiger partial charge in [-0.05, 0) is 25.5 Å². The van der Waals surface area contributed by atoms with Gasteiger partial charge in [0.05, 0.1) is 13.2 Å². The van der Waals surface area contributed by atoms with Crippen LogP contribution in [0.15, 0.2) is 12.2 Å². The fraction of sp³-hybridized carbons (Fsp3) is 0.778. The molecule has 11 heavy (non-hydrogen) atoms. The molecule has 0 atom stereocenters. The molecular formula is C9H16OS. The summed E-state index contributed by atoms with van der Waals surface area (Å²) < 4.78 is 5.46. The van der Waals surface area contributed by atoms with E-state index in [0.29, 0.717) is 5.41 Å². The third-order valence-electron chi connectivity index (χ3n) is 2.15. The number of hydrogen-bond acceptors (Lipinski definition) is 2. The molecule has 0 amide bonds. The summed E-state index contributed by atoms with van der Waals surface area (Å²) in [6.45, 7) is 3.65. The predicted molar refractivity (Wildman–Crippen MR) is 51.2 cm³/mol. The average molecular weight is 172 g/mol. The molecule has 0 unspecified atom stereocenters.